The van der Waals surface area contributed by atoms with E-state index in [1.807, 2.05) is 0 Å². The summed E-state index contributed by atoms with van der Waals surface area (Å²) in [7, 11) is 0. The van der Waals surface area contributed by atoms with Crippen LogP contribution in [0.25, 0.3) is 16.7 Å². The van der Waals surface area contributed by atoms with Crippen LogP contribution in [0.5, 0.6) is 0 Å². The molecule has 0 bridgehead atoms. The van der Waals surface area contributed by atoms with Crippen LogP contribution in [-0.4, -0.2) is 33.6 Å². The minimum atomic E-state index is -4.92. The van der Waals surface area contributed by atoms with Crippen LogP contribution in [0, 0.1) is 10.8 Å². The van der Waals surface area contributed by atoms with Crippen molar-refractivity contribution in [3.8, 4) is 11.1 Å². The summed E-state index contributed by atoms with van der Waals surface area (Å²) in [6.07, 6.45) is 1.31. The number of aliphatic hydroxyl groups is 1. The number of nitroso groups, excluding NO2 is 1. The molecule has 2 unspecified atom stereocenters. The SMILES string of the molecule is NC(=O)CCn1cc(-c2ccc3c(c2)C(N=O)(C(F)(F)F)C2CC=CC(CO)=C32)cn1. The Kier molecular flexibility index (Phi) is 5.04. The summed E-state index contributed by atoms with van der Waals surface area (Å²) < 4.78 is 44.5. The number of carbonyl (C=O) groups is 1. The molecule has 0 aliphatic heterocycles. The Balaban J connectivity index is 1.86. The summed E-state index contributed by atoms with van der Waals surface area (Å²) in [5.74, 6) is -1.73. The number of carbonyl (C=O) groups excluding carboxylic acids is 1. The van der Waals surface area contributed by atoms with Crippen molar-refractivity contribution in [1.82, 2.24) is 9.78 Å². The molecular weight excluding hydrogens is 413 g/mol. The number of benzene rings is 1. The number of nitrogens with zero attached hydrogens (tertiary/aromatic N) is 3. The second kappa shape index (κ2) is 7.45. The first-order valence-corrected chi connectivity index (χ1v) is 9.60. The van der Waals surface area contributed by atoms with Gasteiger partial charge in [-0.1, -0.05) is 24.3 Å². The molecule has 10 heteroatoms. The van der Waals surface area contributed by atoms with Gasteiger partial charge in [0.05, 0.1) is 12.8 Å². The lowest BCUT2D eigenvalue weighted by Gasteiger charge is -2.32. The lowest BCUT2D eigenvalue weighted by molar-refractivity contribution is -0.197. The predicted octanol–water partition coefficient (Wildman–Crippen LogP) is 3.29. The third-order valence-electron chi connectivity index (χ3n) is 5.91. The molecule has 1 heterocycles. The van der Waals surface area contributed by atoms with Crippen molar-refractivity contribution < 1.29 is 23.1 Å². The molecule has 0 radical (unpaired) electrons. The maximum absolute atomic E-state index is 14.3. The molecule has 2 atom stereocenters. The second-order valence-corrected chi connectivity index (χ2v) is 7.61. The first-order chi connectivity index (χ1) is 14.7. The lowest BCUT2D eigenvalue weighted by Crippen LogP contribution is -2.44. The number of aromatic nitrogens is 2. The van der Waals surface area contributed by atoms with Crippen molar-refractivity contribution in [1.29, 1.82) is 0 Å². The fraction of sp³-hybridized carbons (Fsp3) is 0.333. The molecule has 7 nitrogen and oxygen atoms in total. The van der Waals surface area contributed by atoms with Crippen LogP contribution < -0.4 is 5.73 Å². The molecule has 1 aromatic heterocycles. The minimum absolute atomic E-state index is 0.0147. The number of halogens is 3. The number of alkyl halides is 3. The number of fused-ring (bicyclic) bond motifs is 3. The van der Waals surface area contributed by atoms with Crippen molar-refractivity contribution in [3.63, 3.8) is 0 Å². The Hall–Kier alpha value is -3.27. The van der Waals surface area contributed by atoms with Crippen LogP contribution >= 0.6 is 0 Å². The summed E-state index contributed by atoms with van der Waals surface area (Å²) in [5.41, 5.74) is 3.83. The van der Waals surface area contributed by atoms with E-state index in [0.717, 1.165) is 0 Å². The molecule has 2 aliphatic rings. The van der Waals surface area contributed by atoms with Crippen molar-refractivity contribution in [3.05, 3.63) is 64.4 Å². The Labute approximate surface area is 175 Å². The summed E-state index contributed by atoms with van der Waals surface area (Å²) in [6, 6.07) is 4.49. The average molecular weight is 432 g/mol. The third kappa shape index (κ3) is 3.18. The number of primary amides is 1. The van der Waals surface area contributed by atoms with Gasteiger partial charge in [0.15, 0.2) is 0 Å². The topological polar surface area (TPSA) is 111 Å². The molecule has 2 aliphatic carbocycles. The smallest absolute Gasteiger partial charge is 0.392 e. The van der Waals surface area contributed by atoms with Crippen molar-refractivity contribution in [2.45, 2.75) is 31.1 Å². The van der Waals surface area contributed by atoms with Crippen molar-refractivity contribution in [2.75, 3.05) is 6.61 Å². The van der Waals surface area contributed by atoms with Crippen LogP contribution in [0.1, 0.15) is 24.0 Å². The minimum Gasteiger partial charge on any atom is -0.392 e. The average Bonchev–Trinajstić information content (AvgIpc) is 3.32. The molecule has 3 N–H and O–H groups in total. The van der Waals surface area contributed by atoms with Gasteiger partial charge in [-0.05, 0) is 39.9 Å². The van der Waals surface area contributed by atoms with E-state index in [2.05, 4.69) is 10.3 Å². The van der Waals surface area contributed by atoms with Crippen LogP contribution in [0.3, 0.4) is 0 Å². The molecule has 1 amide bonds. The Morgan fingerprint density at radius 3 is 2.77 bits per heavy atom. The molecule has 0 saturated heterocycles. The molecule has 0 saturated carbocycles. The van der Waals surface area contributed by atoms with E-state index in [0.29, 0.717) is 22.3 Å². The number of allylic oxidation sites excluding steroid dienone is 1. The standard InChI is InChI=1S/C21H19F3N4O3/c22-21(23,24)20(27-31)16-3-1-2-13(11-29)19(16)15-5-4-12(8-17(15)20)14-9-26-28(10-14)7-6-18(25)30/h1-2,4-5,8-10,16,29H,3,6-7,11H2,(H2,25,30). The zero-order valence-corrected chi connectivity index (χ0v) is 16.3. The quantitative estimate of drug-likeness (QED) is 0.683. The molecule has 1 aromatic carbocycles. The largest absolute Gasteiger partial charge is 0.421 e. The van der Waals surface area contributed by atoms with Gasteiger partial charge in [-0.2, -0.15) is 18.3 Å². The lowest BCUT2D eigenvalue weighted by atomic mass is 9.77. The number of aliphatic hydroxyl groups excluding tert-OH is 1. The van der Waals surface area contributed by atoms with E-state index in [1.165, 1.54) is 29.1 Å². The van der Waals surface area contributed by atoms with Gasteiger partial charge < -0.3 is 10.8 Å². The molecule has 162 valence electrons. The number of rotatable bonds is 6. The van der Waals surface area contributed by atoms with Crippen LogP contribution in [0.4, 0.5) is 13.2 Å². The summed E-state index contributed by atoms with van der Waals surface area (Å²) >= 11 is 0. The fourth-order valence-corrected chi connectivity index (χ4v) is 4.49. The van der Waals surface area contributed by atoms with Crippen LogP contribution in [0.2, 0.25) is 0 Å². The van der Waals surface area contributed by atoms with Crippen molar-refractivity contribution in [2.24, 2.45) is 16.8 Å². The Morgan fingerprint density at radius 2 is 2.13 bits per heavy atom. The number of hydrogen-bond donors (Lipinski definition) is 2. The molecule has 2 aromatic rings. The number of amides is 1. The van der Waals surface area contributed by atoms with E-state index < -0.39 is 30.1 Å². The first kappa shape index (κ1) is 21.0. The van der Waals surface area contributed by atoms with Gasteiger partial charge >= 0.3 is 6.18 Å². The fourth-order valence-electron chi connectivity index (χ4n) is 4.49. The van der Waals surface area contributed by atoms with E-state index in [1.54, 1.807) is 18.3 Å². The second-order valence-electron chi connectivity index (χ2n) is 7.61. The molecule has 0 spiro atoms. The van der Waals surface area contributed by atoms with Gasteiger partial charge in [0, 0.05) is 36.2 Å². The summed E-state index contributed by atoms with van der Waals surface area (Å²) in [6.45, 7) is -0.202. The first-order valence-electron chi connectivity index (χ1n) is 9.60. The number of hydrogen-bond acceptors (Lipinski definition) is 5. The maximum Gasteiger partial charge on any atom is 0.421 e. The highest BCUT2D eigenvalue weighted by Gasteiger charge is 2.67. The highest BCUT2D eigenvalue weighted by atomic mass is 19.4. The molecule has 31 heavy (non-hydrogen) atoms. The van der Waals surface area contributed by atoms with Gasteiger partial charge in [-0.15, -0.1) is 4.91 Å². The summed E-state index contributed by atoms with van der Waals surface area (Å²) in [5, 5.41) is 16.5. The monoisotopic (exact) mass is 432 g/mol. The van der Waals surface area contributed by atoms with E-state index in [9.17, 15) is 28.0 Å². The highest BCUT2D eigenvalue weighted by molar-refractivity contribution is 5.85. The molecular formula is C21H19F3N4O3. The van der Waals surface area contributed by atoms with Gasteiger partial charge in [0.1, 0.15) is 0 Å². The van der Waals surface area contributed by atoms with E-state index >= 15 is 0 Å². The van der Waals surface area contributed by atoms with Gasteiger partial charge in [0.2, 0.25) is 11.4 Å². The zero-order valence-electron chi connectivity index (χ0n) is 16.3. The van der Waals surface area contributed by atoms with E-state index in [-0.39, 0.29) is 30.5 Å². The third-order valence-corrected chi connectivity index (χ3v) is 5.91. The molecule has 4 rings (SSSR count). The highest BCUT2D eigenvalue weighted by Crippen LogP contribution is 2.61. The van der Waals surface area contributed by atoms with Gasteiger partial charge in [-0.25, -0.2) is 0 Å². The van der Waals surface area contributed by atoms with E-state index in [4.69, 9.17) is 5.73 Å². The normalized spacial score (nSPS) is 22.4. The van der Waals surface area contributed by atoms with Crippen LogP contribution in [-0.2, 0) is 16.9 Å². The van der Waals surface area contributed by atoms with Gasteiger partial charge in [-0.3, -0.25) is 9.48 Å². The maximum atomic E-state index is 14.3. The Bertz CT molecular complexity index is 1120. The summed E-state index contributed by atoms with van der Waals surface area (Å²) in [4.78, 5) is 22.8. The van der Waals surface area contributed by atoms with Crippen LogP contribution in [0.15, 0.2) is 53.5 Å². The number of nitrogens with two attached hydrogens (primary N) is 1. The predicted molar refractivity (Wildman–Crippen MR) is 106 cm³/mol. The molecule has 0 fully saturated rings. The van der Waals surface area contributed by atoms with Gasteiger partial charge in [0.25, 0.3) is 0 Å². The zero-order chi connectivity index (χ0) is 22.4. The Morgan fingerprint density at radius 1 is 1.35 bits per heavy atom. The van der Waals surface area contributed by atoms with Crippen molar-refractivity contribution >= 4 is 11.5 Å². The number of aryl methyl sites for hydroxylation is 1.